The van der Waals surface area contributed by atoms with Crippen molar-refractivity contribution < 1.29 is 14.6 Å². The molecule has 1 unspecified atom stereocenters. The average Bonchev–Trinajstić information content (AvgIpc) is 3.31. The number of ether oxygens (including phenoxy) is 1. The van der Waals surface area contributed by atoms with E-state index in [0.29, 0.717) is 37.7 Å². The number of fused-ring (bicyclic) bond motifs is 1. The maximum Gasteiger partial charge on any atom is 0.226 e. The standard InChI is InChI=1S/C22H33N3O3/c1-15(2)16(3)12-20(27)24-10-8-22(9-11-24)13-18(26)21-19(28-22)14-25(23-21)17-6-4-5-7-17/h14,17-18,26H,4-13H2,1-3H3. The lowest BCUT2D eigenvalue weighted by Crippen LogP contribution is -2.51. The fraction of sp³-hybridized carbons (Fsp3) is 0.727. The Morgan fingerprint density at radius 1 is 1.25 bits per heavy atom. The van der Waals surface area contributed by atoms with Crippen LogP contribution in [0.15, 0.2) is 17.3 Å². The van der Waals surface area contributed by atoms with Crippen molar-refractivity contribution >= 4 is 5.91 Å². The third-order valence-corrected chi connectivity index (χ3v) is 6.93. The first-order valence-corrected chi connectivity index (χ1v) is 10.7. The molecule has 1 saturated carbocycles. The molecule has 1 N–H and O–H groups in total. The fourth-order valence-corrected chi connectivity index (χ4v) is 4.76. The largest absolute Gasteiger partial charge is 0.483 e. The molecular weight excluding hydrogens is 354 g/mol. The Morgan fingerprint density at radius 2 is 1.93 bits per heavy atom. The smallest absolute Gasteiger partial charge is 0.226 e. The molecule has 1 aromatic rings. The van der Waals surface area contributed by atoms with E-state index in [-0.39, 0.29) is 11.5 Å². The molecule has 0 bridgehead atoms. The number of piperidine rings is 1. The van der Waals surface area contributed by atoms with Crippen LogP contribution in [0.3, 0.4) is 0 Å². The zero-order valence-corrected chi connectivity index (χ0v) is 17.4. The Labute approximate surface area is 167 Å². The number of nitrogens with zero attached hydrogens (tertiary/aromatic N) is 3. The van der Waals surface area contributed by atoms with Gasteiger partial charge in [-0.05, 0) is 33.6 Å². The molecule has 1 atom stereocenters. The molecule has 4 rings (SSSR count). The Balaban J connectivity index is 1.42. The number of hydrogen-bond donors (Lipinski definition) is 1. The van der Waals surface area contributed by atoms with Crippen LogP contribution in [0.5, 0.6) is 5.75 Å². The zero-order valence-electron chi connectivity index (χ0n) is 17.4. The summed E-state index contributed by atoms with van der Waals surface area (Å²) in [5.41, 5.74) is 2.68. The molecule has 1 amide bonds. The second-order valence-electron chi connectivity index (χ2n) is 9.14. The van der Waals surface area contributed by atoms with Gasteiger partial charge in [0.05, 0.1) is 12.2 Å². The molecule has 1 aliphatic carbocycles. The molecule has 28 heavy (non-hydrogen) atoms. The number of carbonyl (C=O) groups excluding carboxylic acids is 1. The molecule has 3 heterocycles. The Morgan fingerprint density at radius 3 is 2.57 bits per heavy atom. The van der Waals surface area contributed by atoms with Crippen LogP contribution in [0.1, 0.15) is 90.0 Å². The van der Waals surface area contributed by atoms with E-state index in [1.165, 1.54) is 18.4 Å². The number of aliphatic hydroxyl groups excluding tert-OH is 1. The van der Waals surface area contributed by atoms with Gasteiger partial charge in [-0.3, -0.25) is 9.48 Å². The van der Waals surface area contributed by atoms with Gasteiger partial charge in [-0.2, -0.15) is 5.10 Å². The van der Waals surface area contributed by atoms with Gasteiger partial charge in [0.15, 0.2) is 5.75 Å². The normalized spacial score (nSPS) is 24.1. The summed E-state index contributed by atoms with van der Waals surface area (Å²) in [6.07, 6.45) is 8.81. The Bertz CT molecular complexity index is 764. The summed E-state index contributed by atoms with van der Waals surface area (Å²) >= 11 is 0. The summed E-state index contributed by atoms with van der Waals surface area (Å²) in [6, 6.07) is 0.440. The number of hydrogen-bond acceptors (Lipinski definition) is 4. The minimum absolute atomic E-state index is 0.194. The van der Waals surface area contributed by atoms with Crippen LogP contribution in [-0.4, -0.2) is 44.4 Å². The minimum atomic E-state index is -0.582. The van der Waals surface area contributed by atoms with Crippen LogP contribution < -0.4 is 4.74 Å². The van der Waals surface area contributed by atoms with E-state index in [9.17, 15) is 9.90 Å². The highest BCUT2D eigenvalue weighted by Gasteiger charge is 2.45. The topological polar surface area (TPSA) is 67.6 Å². The number of aliphatic hydroxyl groups is 1. The zero-order chi connectivity index (χ0) is 19.9. The second-order valence-corrected chi connectivity index (χ2v) is 9.14. The van der Waals surface area contributed by atoms with E-state index in [1.54, 1.807) is 0 Å². The summed E-state index contributed by atoms with van der Waals surface area (Å²) in [7, 11) is 0. The maximum atomic E-state index is 12.6. The van der Waals surface area contributed by atoms with E-state index in [2.05, 4.69) is 5.10 Å². The van der Waals surface area contributed by atoms with Crippen LogP contribution in [-0.2, 0) is 4.79 Å². The monoisotopic (exact) mass is 387 g/mol. The number of carbonyl (C=O) groups is 1. The molecule has 2 fully saturated rings. The molecule has 2 aliphatic heterocycles. The van der Waals surface area contributed by atoms with Crippen LogP contribution in [0, 0.1) is 0 Å². The number of rotatable bonds is 3. The summed E-state index contributed by atoms with van der Waals surface area (Å²) in [4.78, 5) is 14.5. The van der Waals surface area contributed by atoms with Crippen molar-refractivity contribution in [2.45, 2.75) is 89.9 Å². The van der Waals surface area contributed by atoms with Crippen LogP contribution in [0.4, 0.5) is 0 Å². The van der Waals surface area contributed by atoms with E-state index in [4.69, 9.17) is 4.74 Å². The van der Waals surface area contributed by atoms with Gasteiger partial charge in [0.1, 0.15) is 17.4 Å². The SMILES string of the molecule is CC(C)=C(C)CC(=O)N1CCC2(CC1)CC(O)c1nn(C3CCCC3)cc1O2. The number of amides is 1. The quantitative estimate of drug-likeness (QED) is 0.798. The summed E-state index contributed by atoms with van der Waals surface area (Å²) in [6.45, 7) is 7.51. The van der Waals surface area contributed by atoms with Gasteiger partial charge in [-0.1, -0.05) is 24.0 Å². The third kappa shape index (κ3) is 3.71. The first kappa shape index (κ1) is 19.5. The van der Waals surface area contributed by atoms with Gasteiger partial charge < -0.3 is 14.7 Å². The van der Waals surface area contributed by atoms with Gasteiger partial charge in [0.2, 0.25) is 5.91 Å². The molecule has 0 radical (unpaired) electrons. The van der Waals surface area contributed by atoms with Gasteiger partial charge in [-0.15, -0.1) is 0 Å². The van der Waals surface area contributed by atoms with Crippen molar-refractivity contribution in [1.82, 2.24) is 14.7 Å². The molecule has 1 spiro atoms. The molecule has 6 nitrogen and oxygen atoms in total. The van der Waals surface area contributed by atoms with Crippen molar-refractivity contribution in [2.75, 3.05) is 13.1 Å². The van der Waals surface area contributed by atoms with E-state index >= 15 is 0 Å². The highest BCUT2D eigenvalue weighted by atomic mass is 16.5. The lowest BCUT2D eigenvalue weighted by molar-refractivity contribution is -0.135. The van der Waals surface area contributed by atoms with E-state index in [0.717, 1.165) is 37.0 Å². The first-order chi connectivity index (χ1) is 13.4. The van der Waals surface area contributed by atoms with Crippen LogP contribution in [0.2, 0.25) is 0 Å². The summed E-state index contributed by atoms with van der Waals surface area (Å²) in [5.74, 6) is 0.936. The molecule has 3 aliphatic rings. The van der Waals surface area contributed by atoms with Crippen molar-refractivity contribution in [3.05, 3.63) is 23.0 Å². The number of allylic oxidation sites excluding steroid dienone is 1. The predicted molar refractivity (Wildman–Crippen MR) is 107 cm³/mol. The van der Waals surface area contributed by atoms with Crippen LogP contribution in [0.25, 0.3) is 0 Å². The van der Waals surface area contributed by atoms with Crippen molar-refractivity contribution in [1.29, 1.82) is 0 Å². The van der Waals surface area contributed by atoms with Crippen molar-refractivity contribution in [3.63, 3.8) is 0 Å². The first-order valence-electron chi connectivity index (χ1n) is 10.7. The molecule has 154 valence electrons. The van der Waals surface area contributed by atoms with Gasteiger partial charge >= 0.3 is 0 Å². The van der Waals surface area contributed by atoms with Gasteiger partial charge in [0.25, 0.3) is 0 Å². The van der Waals surface area contributed by atoms with Gasteiger partial charge in [0, 0.05) is 38.8 Å². The third-order valence-electron chi connectivity index (χ3n) is 6.93. The lowest BCUT2D eigenvalue weighted by Gasteiger charge is -2.44. The molecule has 6 heteroatoms. The lowest BCUT2D eigenvalue weighted by atomic mass is 9.83. The highest BCUT2D eigenvalue weighted by molar-refractivity contribution is 5.78. The summed E-state index contributed by atoms with van der Waals surface area (Å²) in [5, 5.41) is 15.4. The Hall–Kier alpha value is -1.82. The fourth-order valence-electron chi connectivity index (χ4n) is 4.76. The summed E-state index contributed by atoms with van der Waals surface area (Å²) < 4.78 is 8.44. The molecular formula is C22H33N3O3. The predicted octanol–water partition coefficient (Wildman–Crippen LogP) is 3.92. The molecule has 1 aromatic heterocycles. The molecule has 1 saturated heterocycles. The Kier molecular flexibility index (Phi) is 5.25. The second kappa shape index (κ2) is 7.54. The maximum absolute atomic E-state index is 12.6. The van der Waals surface area contributed by atoms with Crippen molar-refractivity contribution in [3.8, 4) is 5.75 Å². The average molecular weight is 388 g/mol. The number of likely N-dealkylation sites (tertiary alicyclic amines) is 1. The minimum Gasteiger partial charge on any atom is -0.483 e. The van der Waals surface area contributed by atoms with Crippen molar-refractivity contribution in [2.24, 2.45) is 0 Å². The molecule has 0 aromatic carbocycles. The van der Waals surface area contributed by atoms with Crippen LogP contribution >= 0.6 is 0 Å². The van der Waals surface area contributed by atoms with E-state index < -0.39 is 6.10 Å². The number of aromatic nitrogens is 2. The van der Waals surface area contributed by atoms with E-state index in [1.807, 2.05) is 36.5 Å². The highest BCUT2D eigenvalue weighted by Crippen LogP contribution is 2.44. The van der Waals surface area contributed by atoms with Gasteiger partial charge in [-0.25, -0.2) is 0 Å².